The number of unbranched alkanes of at least 4 members (excludes halogenated alkanes) is 1. The minimum Gasteiger partial charge on any atom is -0.461 e. The van der Waals surface area contributed by atoms with E-state index in [9.17, 15) is 9.59 Å². The number of carbonyl (C=O) groups is 2. The van der Waals surface area contributed by atoms with E-state index in [1.165, 1.54) is 5.56 Å². The summed E-state index contributed by atoms with van der Waals surface area (Å²) >= 11 is 0. The number of nitrogens with one attached hydrogen (secondary N) is 1. The largest absolute Gasteiger partial charge is 0.461 e. The monoisotopic (exact) mass is 419 g/mol. The van der Waals surface area contributed by atoms with E-state index in [4.69, 9.17) is 4.74 Å². The summed E-state index contributed by atoms with van der Waals surface area (Å²) < 4.78 is 6.85. The molecule has 0 atom stereocenters. The number of ether oxygens (including phenoxy) is 1. The molecule has 0 aliphatic heterocycles. The van der Waals surface area contributed by atoms with Crippen molar-refractivity contribution in [2.75, 3.05) is 13.2 Å². The standard InChI is InChI=1S/C25H29N3O3/c1-4-7-16-26-24(29)20-12-14-21(15-13-20)28-23(17-22(27-28)25(30)31-6-3)19-10-8-18(5-2)9-11-19/h8-15,17H,4-7,16H2,1-3H3,(H,26,29). The van der Waals surface area contributed by atoms with Crippen LogP contribution in [0.25, 0.3) is 16.9 Å². The van der Waals surface area contributed by atoms with E-state index < -0.39 is 5.97 Å². The first-order chi connectivity index (χ1) is 15.1. The van der Waals surface area contributed by atoms with Crippen LogP contribution in [0.2, 0.25) is 0 Å². The van der Waals surface area contributed by atoms with Crippen molar-refractivity contribution in [1.29, 1.82) is 0 Å². The number of aryl methyl sites for hydroxylation is 1. The molecular weight excluding hydrogens is 390 g/mol. The topological polar surface area (TPSA) is 73.2 Å². The molecule has 0 unspecified atom stereocenters. The van der Waals surface area contributed by atoms with E-state index in [1.807, 2.05) is 24.3 Å². The molecule has 0 saturated heterocycles. The molecule has 0 aliphatic rings. The third-order valence-electron chi connectivity index (χ3n) is 5.04. The summed E-state index contributed by atoms with van der Waals surface area (Å²) in [5.41, 5.74) is 4.56. The van der Waals surface area contributed by atoms with Crippen molar-refractivity contribution < 1.29 is 14.3 Å². The molecule has 6 heteroatoms. The molecule has 0 spiro atoms. The average molecular weight is 420 g/mol. The molecule has 0 bridgehead atoms. The summed E-state index contributed by atoms with van der Waals surface area (Å²) in [7, 11) is 0. The molecule has 3 rings (SSSR count). The molecule has 0 radical (unpaired) electrons. The predicted molar refractivity (Wildman–Crippen MR) is 122 cm³/mol. The fourth-order valence-corrected chi connectivity index (χ4v) is 3.23. The number of amides is 1. The van der Waals surface area contributed by atoms with Crippen molar-refractivity contribution in [3.63, 3.8) is 0 Å². The van der Waals surface area contributed by atoms with Crippen molar-refractivity contribution in [2.45, 2.75) is 40.0 Å². The summed E-state index contributed by atoms with van der Waals surface area (Å²) in [5.74, 6) is -0.553. The molecule has 1 amide bonds. The Labute approximate surface area is 183 Å². The van der Waals surface area contributed by atoms with Crippen molar-refractivity contribution in [2.24, 2.45) is 0 Å². The quantitative estimate of drug-likeness (QED) is 0.399. The molecule has 31 heavy (non-hydrogen) atoms. The first-order valence-corrected chi connectivity index (χ1v) is 10.8. The van der Waals surface area contributed by atoms with Gasteiger partial charge in [-0.15, -0.1) is 0 Å². The Morgan fingerprint density at radius 2 is 1.71 bits per heavy atom. The summed E-state index contributed by atoms with van der Waals surface area (Å²) in [6, 6.07) is 17.1. The van der Waals surface area contributed by atoms with Crippen LogP contribution in [-0.2, 0) is 11.2 Å². The number of rotatable bonds is 9. The van der Waals surface area contributed by atoms with Gasteiger partial charge >= 0.3 is 5.97 Å². The minimum atomic E-state index is -0.459. The van der Waals surface area contributed by atoms with Crippen LogP contribution in [0.3, 0.4) is 0 Å². The zero-order chi connectivity index (χ0) is 22.2. The number of hydrogen-bond donors (Lipinski definition) is 1. The van der Waals surface area contributed by atoms with Crippen LogP contribution < -0.4 is 5.32 Å². The molecule has 0 saturated carbocycles. The van der Waals surface area contributed by atoms with Crippen LogP contribution in [0.15, 0.2) is 54.6 Å². The van der Waals surface area contributed by atoms with Crippen LogP contribution in [-0.4, -0.2) is 34.8 Å². The molecule has 3 aromatic rings. The van der Waals surface area contributed by atoms with Gasteiger partial charge in [0.2, 0.25) is 0 Å². The van der Waals surface area contributed by atoms with E-state index in [1.54, 1.807) is 29.8 Å². The lowest BCUT2D eigenvalue weighted by molar-refractivity contribution is 0.0519. The highest BCUT2D eigenvalue weighted by atomic mass is 16.5. The van der Waals surface area contributed by atoms with E-state index >= 15 is 0 Å². The van der Waals surface area contributed by atoms with Gasteiger partial charge in [-0.3, -0.25) is 4.79 Å². The van der Waals surface area contributed by atoms with Crippen LogP contribution in [0, 0.1) is 0 Å². The van der Waals surface area contributed by atoms with Gasteiger partial charge in [0, 0.05) is 17.7 Å². The summed E-state index contributed by atoms with van der Waals surface area (Å²) in [6.07, 6.45) is 2.94. The lowest BCUT2D eigenvalue weighted by Crippen LogP contribution is -2.24. The van der Waals surface area contributed by atoms with E-state index in [0.29, 0.717) is 12.1 Å². The summed E-state index contributed by atoms with van der Waals surface area (Å²) in [6.45, 7) is 6.91. The Balaban J connectivity index is 1.94. The van der Waals surface area contributed by atoms with Crippen molar-refractivity contribution in [3.8, 4) is 16.9 Å². The molecule has 2 aromatic carbocycles. The molecule has 6 nitrogen and oxygen atoms in total. The fourth-order valence-electron chi connectivity index (χ4n) is 3.23. The van der Waals surface area contributed by atoms with Crippen LogP contribution in [0.5, 0.6) is 0 Å². The van der Waals surface area contributed by atoms with Crippen LogP contribution in [0.1, 0.15) is 60.0 Å². The maximum absolute atomic E-state index is 12.3. The van der Waals surface area contributed by atoms with Gasteiger partial charge in [-0.25, -0.2) is 9.48 Å². The third-order valence-corrected chi connectivity index (χ3v) is 5.04. The maximum atomic E-state index is 12.3. The second kappa shape index (κ2) is 10.6. The first-order valence-electron chi connectivity index (χ1n) is 10.8. The lowest BCUT2D eigenvalue weighted by Gasteiger charge is -2.10. The zero-order valence-electron chi connectivity index (χ0n) is 18.4. The second-order valence-electron chi connectivity index (χ2n) is 7.25. The maximum Gasteiger partial charge on any atom is 0.358 e. The number of carbonyl (C=O) groups excluding carboxylic acids is 2. The number of esters is 1. The Kier molecular flexibility index (Phi) is 7.60. The van der Waals surface area contributed by atoms with Gasteiger partial charge in [-0.2, -0.15) is 5.10 Å². The van der Waals surface area contributed by atoms with Crippen LogP contribution >= 0.6 is 0 Å². The normalized spacial score (nSPS) is 10.7. The number of nitrogens with zero attached hydrogens (tertiary/aromatic N) is 2. The highest BCUT2D eigenvalue weighted by molar-refractivity contribution is 5.94. The Hall–Kier alpha value is -3.41. The number of benzene rings is 2. The highest BCUT2D eigenvalue weighted by Gasteiger charge is 2.18. The third kappa shape index (κ3) is 5.40. The highest BCUT2D eigenvalue weighted by Crippen LogP contribution is 2.25. The minimum absolute atomic E-state index is 0.0944. The van der Waals surface area contributed by atoms with Crippen molar-refractivity contribution in [3.05, 3.63) is 71.4 Å². The molecule has 1 aromatic heterocycles. The smallest absolute Gasteiger partial charge is 0.358 e. The fraction of sp³-hybridized carbons (Fsp3) is 0.320. The Morgan fingerprint density at radius 1 is 1.00 bits per heavy atom. The Bertz CT molecular complexity index is 1020. The van der Waals surface area contributed by atoms with Gasteiger partial charge < -0.3 is 10.1 Å². The van der Waals surface area contributed by atoms with E-state index in [-0.39, 0.29) is 18.2 Å². The number of hydrogen-bond acceptors (Lipinski definition) is 4. The SMILES string of the molecule is CCCCNC(=O)c1ccc(-n2nc(C(=O)OCC)cc2-c2ccc(CC)cc2)cc1. The van der Waals surface area contributed by atoms with Crippen molar-refractivity contribution in [1.82, 2.24) is 15.1 Å². The summed E-state index contributed by atoms with van der Waals surface area (Å²) in [5, 5.41) is 7.41. The van der Waals surface area contributed by atoms with Gasteiger partial charge in [-0.05, 0) is 55.7 Å². The van der Waals surface area contributed by atoms with Gasteiger partial charge in [-0.1, -0.05) is 44.5 Å². The predicted octanol–water partition coefficient (Wildman–Crippen LogP) is 4.81. The van der Waals surface area contributed by atoms with E-state index in [2.05, 4.69) is 36.4 Å². The summed E-state index contributed by atoms with van der Waals surface area (Å²) in [4.78, 5) is 24.6. The first kappa shape index (κ1) is 22.3. The van der Waals surface area contributed by atoms with Gasteiger partial charge in [0.1, 0.15) is 0 Å². The molecule has 1 N–H and O–H groups in total. The van der Waals surface area contributed by atoms with Crippen LogP contribution in [0.4, 0.5) is 0 Å². The van der Waals surface area contributed by atoms with Crippen molar-refractivity contribution >= 4 is 11.9 Å². The molecular formula is C25H29N3O3. The average Bonchev–Trinajstić information content (AvgIpc) is 3.25. The Morgan fingerprint density at radius 3 is 2.32 bits per heavy atom. The van der Waals surface area contributed by atoms with Gasteiger partial charge in [0.15, 0.2) is 5.69 Å². The van der Waals surface area contributed by atoms with Gasteiger partial charge in [0.05, 0.1) is 18.0 Å². The molecule has 162 valence electrons. The molecule has 1 heterocycles. The molecule has 0 fully saturated rings. The van der Waals surface area contributed by atoms with Gasteiger partial charge in [0.25, 0.3) is 5.91 Å². The second-order valence-corrected chi connectivity index (χ2v) is 7.25. The molecule has 0 aliphatic carbocycles. The lowest BCUT2D eigenvalue weighted by atomic mass is 10.1. The zero-order valence-corrected chi connectivity index (χ0v) is 18.4. The van der Waals surface area contributed by atoms with E-state index in [0.717, 1.165) is 36.2 Å². The number of aromatic nitrogens is 2.